The number of morpholine rings is 1. The summed E-state index contributed by atoms with van der Waals surface area (Å²) in [7, 11) is 3.06. The maximum absolute atomic E-state index is 12.8. The lowest BCUT2D eigenvalue weighted by Crippen LogP contribution is -2.55. The van der Waals surface area contributed by atoms with Gasteiger partial charge >= 0.3 is 0 Å². The minimum Gasteiger partial charge on any atom is -0.493 e. The van der Waals surface area contributed by atoms with Crippen molar-refractivity contribution in [3.05, 3.63) is 17.7 Å². The molecule has 6 heteroatoms. The predicted octanol–water partition coefficient (Wildman–Crippen LogP) is 1.54. The van der Waals surface area contributed by atoms with Gasteiger partial charge in [-0.2, -0.15) is 0 Å². The summed E-state index contributed by atoms with van der Waals surface area (Å²) in [5.74, 6) is 0.871. The molecular formula is C15H22N2O4. The number of rotatable bonds is 3. The van der Waals surface area contributed by atoms with Gasteiger partial charge in [-0.3, -0.25) is 4.79 Å². The fraction of sp³-hybridized carbons (Fsp3) is 0.533. The van der Waals surface area contributed by atoms with E-state index in [1.165, 1.54) is 14.2 Å². The summed E-state index contributed by atoms with van der Waals surface area (Å²) in [5.41, 5.74) is 6.43. The van der Waals surface area contributed by atoms with Crippen LogP contribution in [0.15, 0.2) is 12.1 Å². The Kier molecular flexibility index (Phi) is 4.27. The average molecular weight is 294 g/mol. The number of carbonyl (C=O) groups excluding carboxylic acids is 1. The largest absolute Gasteiger partial charge is 0.493 e. The second-order valence-electron chi connectivity index (χ2n) is 5.62. The number of carbonyl (C=O) groups is 1. The molecule has 0 radical (unpaired) electrons. The number of benzene rings is 1. The van der Waals surface area contributed by atoms with Crippen molar-refractivity contribution in [2.75, 3.05) is 39.7 Å². The third-order valence-electron chi connectivity index (χ3n) is 3.68. The second-order valence-corrected chi connectivity index (χ2v) is 5.62. The molecular weight excluding hydrogens is 272 g/mol. The molecule has 1 aliphatic rings. The van der Waals surface area contributed by atoms with Crippen LogP contribution in [0.1, 0.15) is 24.2 Å². The first-order valence-corrected chi connectivity index (χ1v) is 6.82. The van der Waals surface area contributed by atoms with Crippen LogP contribution in [0.3, 0.4) is 0 Å². The van der Waals surface area contributed by atoms with E-state index in [1.54, 1.807) is 17.0 Å². The van der Waals surface area contributed by atoms with Gasteiger partial charge in [0, 0.05) is 18.3 Å². The summed E-state index contributed by atoms with van der Waals surface area (Å²) < 4.78 is 15.9. The Hall–Kier alpha value is -1.95. The molecule has 2 N–H and O–H groups in total. The van der Waals surface area contributed by atoms with Crippen molar-refractivity contribution in [1.82, 2.24) is 4.90 Å². The van der Waals surface area contributed by atoms with Crippen molar-refractivity contribution in [1.29, 1.82) is 0 Å². The van der Waals surface area contributed by atoms with Gasteiger partial charge in [-0.05, 0) is 19.9 Å². The van der Waals surface area contributed by atoms with Crippen LogP contribution < -0.4 is 15.2 Å². The van der Waals surface area contributed by atoms with Crippen molar-refractivity contribution in [3.8, 4) is 11.5 Å². The Morgan fingerprint density at radius 3 is 2.48 bits per heavy atom. The van der Waals surface area contributed by atoms with Crippen LogP contribution in [0.2, 0.25) is 0 Å². The number of nitrogens with zero attached hydrogens (tertiary/aromatic N) is 1. The molecule has 0 atom stereocenters. The monoisotopic (exact) mass is 294 g/mol. The fourth-order valence-electron chi connectivity index (χ4n) is 2.46. The van der Waals surface area contributed by atoms with E-state index in [0.29, 0.717) is 42.5 Å². The smallest absolute Gasteiger partial charge is 0.256 e. The first-order valence-electron chi connectivity index (χ1n) is 6.82. The van der Waals surface area contributed by atoms with Crippen LogP contribution in [-0.2, 0) is 4.74 Å². The Morgan fingerprint density at radius 2 is 1.90 bits per heavy atom. The van der Waals surface area contributed by atoms with Gasteiger partial charge in [-0.15, -0.1) is 0 Å². The van der Waals surface area contributed by atoms with Gasteiger partial charge in [-0.1, -0.05) is 0 Å². The molecule has 0 bridgehead atoms. The van der Waals surface area contributed by atoms with Crippen LogP contribution >= 0.6 is 0 Å². The molecule has 2 rings (SSSR count). The molecule has 1 fully saturated rings. The first-order chi connectivity index (χ1) is 9.90. The van der Waals surface area contributed by atoms with E-state index in [9.17, 15) is 4.79 Å². The Labute approximate surface area is 124 Å². The molecule has 0 aromatic heterocycles. The molecule has 1 aliphatic heterocycles. The number of anilines is 1. The Morgan fingerprint density at radius 1 is 1.29 bits per heavy atom. The van der Waals surface area contributed by atoms with E-state index >= 15 is 0 Å². The number of nitrogens with two attached hydrogens (primary N) is 1. The maximum atomic E-state index is 12.8. The second kappa shape index (κ2) is 5.81. The molecule has 1 saturated heterocycles. The van der Waals surface area contributed by atoms with E-state index in [1.807, 2.05) is 13.8 Å². The van der Waals surface area contributed by atoms with E-state index in [4.69, 9.17) is 19.9 Å². The topological polar surface area (TPSA) is 74.0 Å². The molecule has 1 aromatic carbocycles. The SMILES string of the molecule is COc1cc(N)c(C(=O)N2CCOCC2(C)C)cc1OC. The van der Waals surface area contributed by atoms with Crippen molar-refractivity contribution in [2.45, 2.75) is 19.4 Å². The Balaban J connectivity index is 2.39. The third kappa shape index (κ3) is 2.90. The quantitative estimate of drug-likeness (QED) is 0.856. The lowest BCUT2D eigenvalue weighted by atomic mass is 10.00. The number of ether oxygens (including phenoxy) is 3. The minimum absolute atomic E-state index is 0.123. The molecule has 0 spiro atoms. The van der Waals surface area contributed by atoms with Crippen molar-refractivity contribution < 1.29 is 19.0 Å². The Bertz CT molecular complexity index is 543. The van der Waals surface area contributed by atoms with Crippen molar-refractivity contribution in [2.24, 2.45) is 0 Å². The zero-order chi connectivity index (χ0) is 15.6. The molecule has 0 aliphatic carbocycles. The minimum atomic E-state index is -0.366. The summed E-state index contributed by atoms with van der Waals surface area (Å²) in [6.45, 7) is 5.52. The van der Waals surface area contributed by atoms with E-state index in [2.05, 4.69) is 0 Å². The van der Waals surface area contributed by atoms with Crippen molar-refractivity contribution in [3.63, 3.8) is 0 Å². The highest BCUT2D eigenvalue weighted by atomic mass is 16.5. The molecule has 6 nitrogen and oxygen atoms in total. The van der Waals surface area contributed by atoms with E-state index in [0.717, 1.165) is 0 Å². The standard InChI is InChI=1S/C15H22N2O4/c1-15(2)9-21-6-5-17(15)14(18)10-7-12(19-3)13(20-4)8-11(10)16/h7-8H,5-6,9,16H2,1-4H3. The van der Waals surface area contributed by atoms with Gasteiger partial charge in [0.2, 0.25) is 0 Å². The number of methoxy groups -OCH3 is 2. The van der Waals surface area contributed by atoms with Gasteiger partial charge in [0.15, 0.2) is 11.5 Å². The maximum Gasteiger partial charge on any atom is 0.256 e. The molecule has 1 aromatic rings. The van der Waals surface area contributed by atoms with Gasteiger partial charge in [-0.25, -0.2) is 0 Å². The summed E-state index contributed by atoms with van der Waals surface area (Å²) in [4.78, 5) is 14.6. The van der Waals surface area contributed by atoms with Crippen LogP contribution in [0.4, 0.5) is 5.69 Å². The number of hydrogen-bond donors (Lipinski definition) is 1. The number of hydrogen-bond acceptors (Lipinski definition) is 5. The van der Waals surface area contributed by atoms with Crippen LogP contribution in [0.5, 0.6) is 11.5 Å². The summed E-state index contributed by atoms with van der Waals surface area (Å²) in [6, 6.07) is 3.24. The lowest BCUT2D eigenvalue weighted by Gasteiger charge is -2.42. The van der Waals surface area contributed by atoms with Crippen LogP contribution in [-0.4, -0.2) is 50.3 Å². The highest BCUT2D eigenvalue weighted by Gasteiger charge is 2.35. The highest BCUT2D eigenvalue weighted by molar-refractivity contribution is 6.00. The van der Waals surface area contributed by atoms with Gasteiger partial charge in [0.1, 0.15) is 0 Å². The van der Waals surface area contributed by atoms with Gasteiger partial charge < -0.3 is 24.8 Å². The number of nitrogen functional groups attached to an aromatic ring is 1. The lowest BCUT2D eigenvalue weighted by molar-refractivity contribution is -0.0370. The summed E-state index contributed by atoms with van der Waals surface area (Å²) >= 11 is 0. The fourth-order valence-corrected chi connectivity index (χ4v) is 2.46. The van der Waals surface area contributed by atoms with E-state index < -0.39 is 0 Å². The molecule has 0 unspecified atom stereocenters. The van der Waals surface area contributed by atoms with Crippen LogP contribution in [0, 0.1) is 0 Å². The van der Waals surface area contributed by atoms with Gasteiger partial charge in [0.05, 0.1) is 38.5 Å². The van der Waals surface area contributed by atoms with Crippen LogP contribution in [0.25, 0.3) is 0 Å². The number of amides is 1. The normalized spacial score (nSPS) is 17.4. The third-order valence-corrected chi connectivity index (χ3v) is 3.68. The zero-order valence-electron chi connectivity index (χ0n) is 12.9. The highest BCUT2D eigenvalue weighted by Crippen LogP contribution is 2.33. The zero-order valence-corrected chi connectivity index (χ0v) is 12.9. The summed E-state index contributed by atoms with van der Waals surface area (Å²) in [6.07, 6.45) is 0. The molecule has 21 heavy (non-hydrogen) atoms. The summed E-state index contributed by atoms with van der Waals surface area (Å²) in [5, 5.41) is 0. The molecule has 0 saturated carbocycles. The molecule has 1 amide bonds. The first kappa shape index (κ1) is 15.4. The van der Waals surface area contributed by atoms with Gasteiger partial charge in [0.25, 0.3) is 5.91 Å². The van der Waals surface area contributed by atoms with E-state index in [-0.39, 0.29) is 11.4 Å². The molecule has 1 heterocycles. The average Bonchev–Trinajstić information content (AvgIpc) is 2.45. The molecule has 116 valence electrons. The van der Waals surface area contributed by atoms with Crippen molar-refractivity contribution >= 4 is 11.6 Å². The predicted molar refractivity (Wildman–Crippen MR) is 79.9 cm³/mol.